The molecule has 0 saturated carbocycles. The molecule has 0 aliphatic heterocycles. The lowest BCUT2D eigenvalue weighted by Crippen LogP contribution is -2.25. The number of unbranched alkanes of at least 4 members (excludes halogenated alkanes) is 16. The summed E-state index contributed by atoms with van der Waals surface area (Å²) < 4.78 is 0. The van der Waals surface area contributed by atoms with Crippen LogP contribution in [0.1, 0.15) is 142 Å². The summed E-state index contributed by atoms with van der Waals surface area (Å²) in [5.74, 6) is 0. The summed E-state index contributed by atoms with van der Waals surface area (Å²) in [6.45, 7) is 4.49. The molecule has 2 atom stereocenters. The standard InChI is InChI=1S/C24H50O2/c1-3-5-7-9-10-11-12-13-14-15-16-18-20-22-24(26)23(25)21-19-17-8-6-4-2/h23-26H,3-22H2,1-2H3. The summed E-state index contributed by atoms with van der Waals surface area (Å²) in [6.07, 6.45) is 24.1. The molecule has 0 saturated heterocycles. The summed E-state index contributed by atoms with van der Waals surface area (Å²) in [5, 5.41) is 20.1. The van der Waals surface area contributed by atoms with Crippen LogP contribution in [0.25, 0.3) is 0 Å². The zero-order chi connectivity index (χ0) is 19.3. The van der Waals surface area contributed by atoms with Gasteiger partial charge in [0.25, 0.3) is 0 Å². The zero-order valence-electron chi connectivity index (χ0n) is 18.2. The normalized spacial score (nSPS) is 13.8. The molecule has 0 amide bonds. The molecule has 0 spiro atoms. The number of rotatable bonds is 21. The highest BCUT2D eigenvalue weighted by Gasteiger charge is 2.14. The Balaban J connectivity index is 3.25. The first kappa shape index (κ1) is 25.9. The Morgan fingerprint density at radius 1 is 0.385 bits per heavy atom. The molecule has 158 valence electrons. The van der Waals surface area contributed by atoms with E-state index in [9.17, 15) is 10.2 Å². The van der Waals surface area contributed by atoms with Gasteiger partial charge in [-0.25, -0.2) is 0 Å². The van der Waals surface area contributed by atoms with Gasteiger partial charge >= 0.3 is 0 Å². The Labute approximate surface area is 165 Å². The van der Waals surface area contributed by atoms with Crippen molar-refractivity contribution in [2.75, 3.05) is 0 Å². The fraction of sp³-hybridized carbons (Fsp3) is 1.00. The molecule has 26 heavy (non-hydrogen) atoms. The van der Waals surface area contributed by atoms with Crippen molar-refractivity contribution in [3.63, 3.8) is 0 Å². The van der Waals surface area contributed by atoms with Gasteiger partial charge in [0.05, 0.1) is 12.2 Å². The van der Waals surface area contributed by atoms with Crippen molar-refractivity contribution in [1.29, 1.82) is 0 Å². The van der Waals surface area contributed by atoms with Crippen molar-refractivity contribution in [2.45, 2.75) is 154 Å². The Bertz CT molecular complexity index is 255. The highest BCUT2D eigenvalue weighted by Crippen LogP contribution is 2.16. The Hall–Kier alpha value is -0.0800. The van der Waals surface area contributed by atoms with Gasteiger partial charge in [-0.2, -0.15) is 0 Å². The molecular formula is C24H50O2. The molecule has 2 unspecified atom stereocenters. The van der Waals surface area contributed by atoms with E-state index in [1.807, 2.05) is 0 Å². The van der Waals surface area contributed by atoms with Crippen LogP contribution >= 0.6 is 0 Å². The predicted molar refractivity (Wildman–Crippen MR) is 116 cm³/mol. The molecule has 0 aromatic heterocycles. The maximum Gasteiger partial charge on any atom is 0.0799 e. The van der Waals surface area contributed by atoms with Crippen LogP contribution in [0.2, 0.25) is 0 Å². The van der Waals surface area contributed by atoms with E-state index in [0.717, 1.165) is 25.7 Å². The van der Waals surface area contributed by atoms with Gasteiger partial charge in [-0.1, -0.05) is 129 Å². The summed E-state index contributed by atoms with van der Waals surface area (Å²) in [7, 11) is 0. The van der Waals surface area contributed by atoms with Crippen LogP contribution in [0.3, 0.4) is 0 Å². The van der Waals surface area contributed by atoms with Crippen molar-refractivity contribution in [3.8, 4) is 0 Å². The van der Waals surface area contributed by atoms with E-state index in [2.05, 4.69) is 13.8 Å². The Morgan fingerprint density at radius 2 is 0.615 bits per heavy atom. The first-order valence-corrected chi connectivity index (χ1v) is 12.1. The van der Waals surface area contributed by atoms with Gasteiger partial charge < -0.3 is 10.2 Å². The molecule has 0 aromatic carbocycles. The summed E-state index contributed by atoms with van der Waals surface area (Å²) in [5.41, 5.74) is 0. The maximum atomic E-state index is 10.0. The number of aliphatic hydroxyl groups is 2. The third kappa shape index (κ3) is 18.7. The average molecular weight is 371 g/mol. The molecule has 2 heteroatoms. The van der Waals surface area contributed by atoms with E-state index in [1.165, 1.54) is 103 Å². The van der Waals surface area contributed by atoms with Crippen molar-refractivity contribution < 1.29 is 10.2 Å². The highest BCUT2D eigenvalue weighted by atomic mass is 16.3. The molecule has 0 radical (unpaired) electrons. The predicted octanol–water partition coefficient (Wildman–Crippen LogP) is 7.55. The quantitative estimate of drug-likeness (QED) is 0.205. The monoisotopic (exact) mass is 370 g/mol. The first-order valence-electron chi connectivity index (χ1n) is 12.1. The average Bonchev–Trinajstić information content (AvgIpc) is 2.65. The van der Waals surface area contributed by atoms with Crippen LogP contribution < -0.4 is 0 Å². The lowest BCUT2D eigenvalue weighted by molar-refractivity contribution is 0.00712. The number of aliphatic hydroxyl groups excluding tert-OH is 2. The van der Waals surface area contributed by atoms with Gasteiger partial charge in [-0.15, -0.1) is 0 Å². The largest absolute Gasteiger partial charge is 0.390 e. The SMILES string of the molecule is CCCCCCCCCCCCCCCC(O)C(O)CCCCCCC. The van der Waals surface area contributed by atoms with Crippen LogP contribution in [0.4, 0.5) is 0 Å². The molecule has 0 bridgehead atoms. The number of hydrogen-bond donors (Lipinski definition) is 2. The minimum absolute atomic E-state index is 0.506. The smallest absolute Gasteiger partial charge is 0.0799 e. The minimum atomic E-state index is -0.506. The summed E-state index contributed by atoms with van der Waals surface area (Å²) in [4.78, 5) is 0. The van der Waals surface area contributed by atoms with Gasteiger partial charge in [0, 0.05) is 0 Å². The summed E-state index contributed by atoms with van der Waals surface area (Å²) in [6, 6.07) is 0. The van der Waals surface area contributed by atoms with Crippen LogP contribution in [-0.4, -0.2) is 22.4 Å². The van der Waals surface area contributed by atoms with Gasteiger partial charge in [0.1, 0.15) is 0 Å². The van der Waals surface area contributed by atoms with Gasteiger partial charge in [-0.3, -0.25) is 0 Å². The molecule has 0 fully saturated rings. The van der Waals surface area contributed by atoms with E-state index in [-0.39, 0.29) is 0 Å². The number of hydrogen-bond acceptors (Lipinski definition) is 2. The highest BCUT2D eigenvalue weighted by molar-refractivity contribution is 4.67. The second-order valence-corrected chi connectivity index (χ2v) is 8.37. The van der Waals surface area contributed by atoms with Gasteiger partial charge in [0.2, 0.25) is 0 Å². The molecule has 2 N–H and O–H groups in total. The molecule has 0 aliphatic carbocycles. The van der Waals surface area contributed by atoms with Crippen LogP contribution in [0, 0.1) is 0 Å². The second-order valence-electron chi connectivity index (χ2n) is 8.37. The fourth-order valence-corrected chi connectivity index (χ4v) is 3.71. The van der Waals surface area contributed by atoms with Crippen molar-refractivity contribution >= 4 is 0 Å². The molecule has 0 aliphatic rings. The van der Waals surface area contributed by atoms with Crippen LogP contribution in [-0.2, 0) is 0 Å². The molecule has 2 nitrogen and oxygen atoms in total. The summed E-state index contributed by atoms with van der Waals surface area (Å²) >= 11 is 0. The van der Waals surface area contributed by atoms with E-state index in [1.54, 1.807) is 0 Å². The van der Waals surface area contributed by atoms with E-state index < -0.39 is 12.2 Å². The lowest BCUT2D eigenvalue weighted by atomic mass is 9.99. The van der Waals surface area contributed by atoms with E-state index in [0.29, 0.717) is 0 Å². The van der Waals surface area contributed by atoms with Crippen molar-refractivity contribution in [2.24, 2.45) is 0 Å². The van der Waals surface area contributed by atoms with Crippen molar-refractivity contribution in [1.82, 2.24) is 0 Å². The Morgan fingerprint density at radius 3 is 0.885 bits per heavy atom. The van der Waals surface area contributed by atoms with E-state index in [4.69, 9.17) is 0 Å². The fourth-order valence-electron chi connectivity index (χ4n) is 3.71. The maximum absolute atomic E-state index is 10.0. The van der Waals surface area contributed by atoms with Gasteiger partial charge in [0.15, 0.2) is 0 Å². The topological polar surface area (TPSA) is 40.5 Å². The molecular weight excluding hydrogens is 320 g/mol. The Kier molecular flexibility index (Phi) is 21.2. The third-order valence-electron chi connectivity index (χ3n) is 5.65. The van der Waals surface area contributed by atoms with Crippen LogP contribution in [0.5, 0.6) is 0 Å². The lowest BCUT2D eigenvalue weighted by Gasteiger charge is -2.17. The zero-order valence-corrected chi connectivity index (χ0v) is 18.2. The first-order chi connectivity index (χ1) is 12.7. The minimum Gasteiger partial charge on any atom is -0.390 e. The van der Waals surface area contributed by atoms with Gasteiger partial charge in [-0.05, 0) is 12.8 Å². The van der Waals surface area contributed by atoms with Crippen LogP contribution in [0.15, 0.2) is 0 Å². The molecule has 0 heterocycles. The second kappa shape index (κ2) is 21.2. The van der Waals surface area contributed by atoms with Crippen molar-refractivity contribution in [3.05, 3.63) is 0 Å². The van der Waals surface area contributed by atoms with E-state index >= 15 is 0 Å². The molecule has 0 rings (SSSR count). The molecule has 0 aromatic rings. The third-order valence-corrected chi connectivity index (χ3v) is 5.65.